The number of aromatic nitrogens is 2. The molecule has 0 atom stereocenters. The Morgan fingerprint density at radius 3 is 2.46 bits per heavy atom. The first-order valence-corrected chi connectivity index (χ1v) is 11.6. The summed E-state index contributed by atoms with van der Waals surface area (Å²) in [6.45, 7) is 3.79. The lowest BCUT2D eigenvalue weighted by atomic mass is 10.1. The zero-order chi connectivity index (χ0) is 24.6. The number of urea groups is 1. The summed E-state index contributed by atoms with van der Waals surface area (Å²) in [5, 5.41) is 21.1. The third kappa shape index (κ3) is 6.45. The summed E-state index contributed by atoms with van der Waals surface area (Å²) in [5.41, 5.74) is 2.14. The number of carbonyl (C=O) groups excluding carboxylic acids is 2. The van der Waals surface area contributed by atoms with E-state index in [2.05, 4.69) is 36.1 Å². The van der Waals surface area contributed by atoms with E-state index < -0.39 is 0 Å². The van der Waals surface area contributed by atoms with E-state index in [4.69, 9.17) is 0 Å². The number of hydrogen-bond acceptors (Lipinski definition) is 7. The number of aliphatic hydroxyl groups is 1. The van der Waals surface area contributed by atoms with Crippen LogP contribution in [0, 0.1) is 0 Å². The Morgan fingerprint density at radius 1 is 1.00 bits per heavy atom. The molecule has 1 aromatic carbocycles. The van der Waals surface area contributed by atoms with Gasteiger partial charge in [-0.3, -0.25) is 10.1 Å². The summed E-state index contributed by atoms with van der Waals surface area (Å²) in [5.74, 6) is 0.753. The topological polar surface area (TPSA) is 132 Å². The lowest BCUT2D eigenvalue weighted by Crippen LogP contribution is -2.36. The van der Waals surface area contributed by atoms with Gasteiger partial charge in [0.1, 0.15) is 11.6 Å². The first-order valence-electron chi connectivity index (χ1n) is 11.6. The average Bonchev–Trinajstić information content (AvgIpc) is 2.86. The van der Waals surface area contributed by atoms with E-state index in [1.54, 1.807) is 18.3 Å². The van der Waals surface area contributed by atoms with Gasteiger partial charge in [-0.15, -0.1) is 0 Å². The molecule has 1 saturated heterocycles. The molecule has 0 aliphatic carbocycles. The maximum Gasteiger partial charge on any atom is 0.320 e. The fraction of sp³-hybridized carbons (Fsp3) is 0.280. The number of amides is 3. The summed E-state index contributed by atoms with van der Waals surface area (Å²) in [4.78, 5) is 35.9. The van der Waals surface area contributed by atoms with Crippen molar-refractivity contribution in [2.75, 3.05) is 40.5 Å². The van der Waals surface area contributed by atoms with Crippen LogP contribution in [0.4, 0.5) is 33.5 Å². The molecule has 35 heavy (non-hydrogen) atoms. The molecule has 0 bridgehead atoms. The quantitative estimate of drug-likeness (QED) is 0.353. The monoisotopic (exact) mass is 475 g/mol. The second kappa shape index (κ2) is 11.3. The van der Waals surface area contributed by atoms with Crippen molar-refractivity contribution in [3.05, 3.63) is 66.5 Å². The summed E-state index contributed by atoms with van der Waals surface area (Å²) >= 11 is 0. The molecule has 2 aromatic heterocycles. The Kier molecular flexibility index (Phi) is 7.74. The highest BCUT2D eigenvalue weighted by Crippen LogP contribution is 2.25. The van der Waals surface area contributed by atoms with Crippen LogP contribution in [0.2, 0.25) is 0 Å². The summed E-state index contributed by atoms with van der Waals surface area (Å²) in [6.07, 6.45) is 4.22. The smallest absolute Gasteiger partial charge is 0.320 e. The SMILES string of the molecule is CCNC(=O)Nc1cc(Nc2ccccc2)c(C(=O)Nc2ccc(N3CCC(O)CC3)nc2)cn1. The highest BCUT2D eigenvalue weighted by Gasteiger charge is 2.19. The van der Waals surface area contributed by atoms with Crippen LogP contribution in [0.3, 0.4) is 0 Å². The fourth-order valence-corrected chi connectivity index (χ4v) is 3.75. The van der Waals surface area contributed by atoms with E-state index in [0.29, 0.717) is 29.3 Å². The molecule has 3 aromatic rings. The largest absolute Gasteiger partial charge is 0.393 e. The van der Waals surface area contributed by atoms with Crippen molar-refractivity contribution in [2.24, 2.45) is 0 Å². The van der Waals surface area contributed by atoms with Gasteiger partial charge in [-0.2, -0.15) is 0 Å². The molecule has 0 saturated carbocycles. The second-order valence-electron chi connectivity index (χ2n) is 8.17. The van der Waals surface area contributed by atoms with Crippen LogP contribution < -0.4 is 26.2 Å². The number of benzene rings is 1. The summed E-state index contributed by atoms with van der Waals surface area (Å²) < 4.78 is 0. The molecule has 182 valence electrons. The van der Waals surface area contributed by atoms with Crippen molar-refractivity contribution < 1.29 is 14.7 Å². The molecule has 3 heterocycles. The number of para-hydroxylation sites is 1. The molecule has 10 nitrogen and oxygen atoms in total. The molecule has 1 fully saturated rings. The van der Waals surface area contributed by atoms with Gasteiger partial charge in [0, 0.05) is 37.6 Å². The Morgan fingerprint density at radius 2 is 1.77 bits per heavy atom. The number of carbonyl (C=O) groups is 2. The number of nitrogens with one attached hydrogen (secondary N) is 4. The highest BCUT2D eigenvalue weighted by molar-refractivity contribution is 6.08. The van der Waals surface area contributed by atoms with E-state index in [-0.39, 0.29) is 18.0 Å². The number of aliphatic hydroxyl groups excluding tert-OH is 1. The molecule has 4 rings (SSSR count). The summed E-state index contributed by atoms with van der Waals surface area (Å²) in [7, 11) is 0. The number of anilines is 5. The van der Waals surface area contributed by atoms with Crippen LogP contribution in [0.25, 0.3) is 0 Å². The van der Waals surface area contributed by atoms with Gasteiger partial charge in [0.2, 0.25) is 0 Å². The van der Waals surface area contributed by atoms with Gasteiger partial charge >= 0.3 is 6.03 Å². The molecule has 0 spiro atoms. The minimum Gasteiger partial charge on any atom is -0.393 e. The first-order chi connectivity index (χ1) is 17.0. The Labute approximate surface area is 203 Å². The Balaban J connectivity index is 1.50. The predicted octanol–water partition coefficient (Wildman–Crippen LogP) is 3.58. The minimum absolute atomic E-state index is 0.250. The molecule has 1 aliphatic heterocycles. The number of rotatable bonds is 7. The minimum atomic E-state index is -0.378. The van der Waals surface area contributed by atoms with Crippen LogP contribution in [0.15, 0.2) is 60.9 Å². The van der Waals surface area contributed by atoms with Gasteiger partial charge in [-0.05, 0) is 44.0 Å². The van der Waals surface area contributed by atoms with Crippen LogP contribution >= 0.6 is 0 Å². The van der Waals surface area contributed by atoms with Crippen molar-refractivity contribution >= 4 is 40.6 Å². The number of nitrogens with zero attached hydrogens (tertiary/aromatic N) is 3. The molecule has 1 aliphatic rings. The summed E-state index contributed by atoms with van der Waals surface area (Å²) in [6, 6.07) is 14.3. The molecular weight excluding hydrogens is 446 g/mol. The molecular formula is C25H29N7O3. The number of hydrogen-bond donors (Lipinski definition) is 5. The Bertz CT molecular complexity index is 1150. The van der Waals surface area contributed by atoms with Crippen LogP contribution in [0.5, 0.6) is 0 Å². The lowest BCUT2D eigenvalue weighted by molar-refractivity contribution is 0.102. The van der Waals surface area contributed by atoms with Crippen molar-refractivity contribution in [2.45, 2.75) is 25.9 Å². The maximum absolute atomic E-state index is 13.1. The van der Waals surface area contributed by atoms with E-state index in [9.17, 15) is 14.7 Å². The van der Waals surface area contributed by atoms with Gasteiger partial charge < -0.3 is 26.0 Å². The zero-order valence-corrected chi connectivity index (χ0v) is 19.5. The van der Waals surface area contributed by atoms with Crippen molar-refractivity contribution in [1.29, 1.82) is 0 Å². The lowest BCUT2D eigenvalue weighted by Gasteiger charge is -2.30. The maximum atomic E-state index is 13.1. The van der Waals surface area contributed by atoms with Gasteiger partial charge in [-0.1, -0.05) is 18.2 Å². The van der Waals surface area contributed by atoms with E-state index >= 15 is 0 Å². The zero-order valence-electron chi connectivity index (χ0n) is 19.5. The van der Waals surface area contributed by atoms with Gasteiger partial charge in [0.25, 0.3) is 5.91 Å². The van der Waals surface area contributed by atoms with E-state index in [0.717, 1.165) is 37.4 Å². The predicted molar refractivity (Wildman–Crippen MR) is 136 cm³/mol. The molecule has 5 N–H and O–H groups in total. The van der Waals surface area contributed by atoms with Crippen molar-refractivity contribution in [1.82, 2.24) is 15.3 Å². The normalized spacial score (nSPS) is 13.7. The number of pyridine rings is 2. The van der Waals surface area contributed by atoms with Crippen LogP contribution in [-0.2, 0) is 0 Å². The second-order valence-corrected chi connectivity index (χ2v) is 8.17. The fourth-order valence-electron chi connectivity index (χ4n) is 3.75. The molecule has 3 amide bonds. The molecule has 0 radical (unpaired) electrons. The highest BCUT2D eigenvalue weighted by atomic mass is 16.3. The molecule has 10 heteroatoms. The van der Waals surface area contributed by atoms with Crippen molar-refractivity contribution in [3.8, 4) is 0 Å². The Hall–Kier alpha value is -4.18. The van der Waals surface area contributed by atoms with Gasteiger partial charge in [0.15, 0.2) is 0 Å². The van der Waals surface area contributed by atoms with E-state index in [1.807, 2.05) is 43.3 Å². The van der Waals surface area contributed by atoms with Gasteiger partial charge in [0.05, 0.1) is 29.2 Å². The van der Waals surface area contributed by atoms with E-state index in [1.165, 1.54) is 6.20 Å². The third-order valence-corrected chi connectivity index (χ3v) is 5.57. The first kappa shape index (κ1) is 24.0. The number of piperidine rings is 1. The average molecular weight is 476 g/mol. The van der Waals surface area contributed by atoms with Crippen LogP contribution in [0.1, 0.15) is 30.1 Å². The van der Waals surface area contributed by atoms with Gasteiger partial charge in [-0.25, -0.2) is 14.8 Å². The molecule has 0 unspecified atom stereocenters. The standard InChI is InChI=1S/C25H29N7O3/c1-2-26-25(35)31-22-14-21(29-17-6-4-3-5-7-17)20(16-27-22)24(34)30-18-8-9-23(28-15-18)32-12-10-19(33)11-13-32/h3-9,14-16,19,33H,2,10-13H2,1H3,(H,30,34)(H3,26,27,29,31,35). The van der Waals surface area contributed by atoms with Crippen LogP contribution in [-0.4, -0.2) is 52.8 Å². The van der Waals surface area contributed by atoms with Crippen molar-refractivity contribution in [3.63, 3.8) is 0 Å². The third-order valence-electron chi connectivity index (χ3n) is 5.57.